The Kier molecular flexibility index (Phi) is 3.56. The van der Waals surface area contributed by atoms with Gasteiger partial charge in [0, 0.05) is 4.88 Å². The molecule has 0 spiro atoms. The summed E-state index contributed by atoms with van der Waals surface area (Å²) in [5.41, 5.74) is 2.94. The van der Waals surface area contributed by atoms with Crippen LogP contribution < -0.4 is 11.3 Å². The molecule has 1 fully saturated rings. The van der Waals surface area contributed by atoms with E-state index < -0.39 is 0 Å². The maximum Gasteiger partial charge on any atom is 0.0555 e. The molecule has 1 atom stereocenters. The topological polar surface area (TPSA) is 38.0 Å². The van der Waals surface area contributed by atoms with Crippen molar-refractivity contribution in [2.75, 3.05) is 0 Å². The second-order valence-corrected chi connectivity index (χ2v) is 5.10. The first-order valence-electron chi connectivity index (χ1n) is 5.39. The van der Waals surface area contributed by atoms with Crippen LogP contribution in [0.3, 0.4) is 0 Å². The predicted octanol–water partition coefficient (Wildman–Crippen LogP) is 2.83. The first-order chi connectivity index (χ1) is 6.90. The van der Waals surface area contributed by atoms with Gasteiger partial charge >= 0.3 is 0 Å². The molecule has 0 radical (unpaired) electrons. The molecule has 1 aromatic rings. The van der Waals surface area contributed by atoms with Gasteiger partial charge in [-0.1, -0.05) is 31.7 Å². The maximum atomic E-state index is 5.60. The fraction of sp³-hybridized carbons (Fsp3) is 0.636. The molecule has 0 aromatic carbocycles. The lowest BCUT2D eigenvalue weighted by Crippen LogP contribution is -2.28. The van der Waals surface area contributed by atoms with Gasteiger partial charge in [0.15, 0.2) is 0 Å². The van der Waals surface area contributed by atoms with Gasteiger partial charge in [-0.2, -0.15) is 0 Å². The normalized spacial score (nSPS) is 20.1. The van der Waals surface area contributed by atoms with E-state index in [1.165, 1.54) is 37.0 Å². The largest absolute Gasteiger partial charge is 0.271 e. The van der Waals surface area contributed by atoms with Crippen molar-refractivity contribution in [2.24, 2.45) is 11.8 Å². The average Bonchev–Trinajstić information content (AvgIpc) is 2.86. The molecule has 0 aliphatic heterocycles. The summed E-state index contributed by atoms with van der Waals surface area (Å²) < 4.78 is 0. The highest BCUT2D eigenvalue weighted by molar-refractivity contribution is 7.10. The summed E-state index contributed by atoms with van der Waals surface area (Å²) in [4.78, 5) is 1.37. The number of hydrazine groups is 1. The van der Waals surface area contributed by atoms with E-state index in [1.54, 1.807) is 11.3 Å². The number of nitrogens with one attached hydrogen (secondary N) is 1. The van der Waals surface area contributed by atoms with Gasteiger partial charge in [0.2, 0.25) is 0 Å². The standard InChI is InChI=1S/C11H18N2S/c12-13-10(11-6-3-7-14-11)8-9-4-1-2-5-9/h3,6-7,9-10,13H,1-2,4-5,8,12H2. The minimum atomic E-state index is 0.373. The number of rotatable bonds is 4. The Labute approximate surface area is 89.5 Å². The van der Waals surface area contributed by atoms with E-state index in [0.717, 1.165) is 5.92 Å². The van der Waals surface area contributed by atoms with Crippen molar-refractivity contribution in [1.82, 2.24) is 5.43 Å². The smallest absolute Gasteiger partial charge is 0.0555 e. The summed E-state index contributed by atoms with van der Waals surface area (Å²) in [6.07, 6.45) is 6.81. The molecule has 1 aliphatic carbocycles. The van der Waals surface area contributed by atoms with Crippen LogP contribution in [-0.2, 0) is 0 Å². The van der Waals surface area contributed by atoms with Crippen molar-refractivity contribution in [1.29, 1.82) is 0 Å². The fourth-order valence-corrected chi connectivity index (χ4v) is 3.14. The molecule has 0 bridgehead atoms. The van der Waals surface area contributed by atoms with Crippen molar-refractivity contribution in [3.8, 4) is 0 Å². The van der Waals surface area contributed by atoms with Crippen molar-refractivity contribution in [3.63, 3.8) is 0 Å². The van der Waals surface area contributed by atoms with Crippen LogP contribution in [0.25, 0.3) is 0 Å². The van der Waals surface area contributed by atoms with E-state index in [9.17, 15) is 0 Å². The second-order valence-electron chi connectivity index (χ2n) is 4.12. The number of thiophene rings is 1. The Balaban J connectivity index is 1.93. The Morgan fingerprint density at radius 2 is 2.29 bits per heavy atom. The third-order valence-electron chi connectivity index (χ3n) is 3.13. The van der Waals surface area contributed by atoms with Crippen LogP contribution in [0, 0.1) is 5.92 Å². The van der Waals surface area contributed by atoms with Crippen molar-refractivity contribution in [2.45, 2.75) is 38.1 Å². The van der Waals surface area contributed by atoms with Crippen LogP contribution in [0.4, 0.5) is 0 Å². The summed E-state index contributed by atoms with van der Waals surface area (Å²) in [6, 6.07) is 4.64. The van der Waals surface area contributed by atoms with Crippen LogP contribution in [-0.4, -0.2) is 0 Å². The maximum absolute atomic E-state index is 5.60. The first kappa shape index (κ1) is 10.1. The molecule has 3 heteroatoms. The molecule has 1 saturated carbocycles. The molecule has 1 heterocycles. The molecule has 1 unspecified atom stereocenters. The molecule has 0 saturated heterocycles. The molecular formula is C11H18N2S. The lowest BCUT2D eigenvalue weighted by atomic mass is 9.98. The third-order valence-corrected chi connectivity index (χ3v) is 4.12. The molecule has 14 heavy (non-hydrogen) atoms. The lowest BCUT2D eigenvalue weighted by molar-refractivity contribution is 0.404. The Morgan fingerprint density at radius 3 is 2.86 bits per heavy atom. The minimum absolute atomic E-state index is 0.373. The van der Waals surface area contributed by atoms with Gasteiger partial charge in [-0.05, 0) is 23.8 Å². The van der Waals surface area contributed by atoms with Gasteiger partial charge in [0.25, 0.3) is 0 Å². The Hall–Kier alpha value is -0.380. The highest BCUT2D eigenvalue weighted by atomic mass is 32.1. The quantitative estimate of drug-likeness (QED) is 0.592. The second kappa shape index (κ2) is 4.91. The third kappa shape index (κ3) is 2.35. The van der Waals surface area contributed by atoms with Gasteiger partial charge < -0.3 is 0 Å². The van der Waals surface area contributed by atoms with Gasteiger partial charge in [-0.15, -0.1) is 11.3 Å². The van der Waals surface area contributed by atoms with E-state index in [-0.39, 0.29) is 0 Å². The fourth-order valence-electron chi connectivity index (χ4n) is 2.34. The van der Waals surface area contributed by atoms with E-state index >= 15 is 0 Å². The molecule has 78 valence electrons. The number of hydrogen-bond donors (Lipinski definition) is 2. The molecule has 3 N–H and O–H groups in total. The molecule has 2 nitrogen and oxygen atoms in total. The van der Waals surface area contributed by atoms with E-state index in [1.807, 2.05) is 0 Å². The SMILES string of the molecule is NNC(CC1CCCC1)c1cccs1. The molecule has 0 amide bonds. The Morgan fingerprint density at radius 1 is 1.50 bits per heavy atom. The van der Waals surface area contributed by atoms with Crippen molar-refractivity contribution >= 4 is 11.3 Å². The summed E-state index contributed by atoms with van der Waals surface area (Å²) in [5.74, 6) is 6.49. The van der Waals surface area contributed by atoms with Crippen LogP contribution in [0.1, 0.15) is 43.0 Å². The summed E-state index contributed by atoms with van der Waals surface area (Å²) in [6.45, 7) is 0. The molecular weight excluding hydrogens is 192 g/mol. The van der Waals surface area contributed by atoms with Crippen LogP contribution in [0.5, 0.6) is 0 Å². The van der Waals surface area contributed by atoms with Gasteiger partial charge in [0.1, 0.15) is 0 Å². The van der Waals surface area contributed by atoms with Crippen molar-refractivity contribution in [3.05, 3.63) is 22.4 Å². The van der Waals surface area contributed by atoms with Gasteiger partial charge in [0.05, 0.1) is 6.04 Å². The number of hydrogen-bond acceptors (Lipinski definition) is 3. The minimum Gasteiger partial charge on any atom is -0.271 e. The number of nitrogens with two attached hydrogens (primary N) is 1. The summed E-state index contributed by atoms with van der Waals surface area (Å²) in [5, 5.41) is 2.12. The summed E-state index contributed by atoms with van der Waals surface area (Å²) in [7, 11) is 0. The zero-order valence-electron chi connectivity index (χ0n) is 8.41. The van der Waals surface area contributed by atoms with E-state index in [0.29, 0.717) is 6.04 Å². The van der Waals surface area contributed by atoms with E-state index in [2.05, 4.69) is 22.9 Å². The van der Waals surface area contributed by atoms with Crippen LogP contribution in [0.15, 0.2) is 17.5 Å². The van der Waals surface area contributed by atoms with Gasteiger partial charge in [-0.3, -0.25) is 11.3 Å². The van der Waals surface area contributed by atoms with Gasteiger partial charge in [-0.25, -0.2) is 0 Å². The molecule has 1 aromatic heterocycles. The first-order valence-corrected chi connectivity index (χ1v) is 6.27. The molecule has 2 rings (SSSR count). The Bertz CT molecular complexity index is 252. The van der Waals surface area contributed by atoms with E-state index in [4.69, 9.17) is 5.84 Å². The zero-order chi connectivity index (χ0) is 9.80. The molecule has 1 aliphatic rings. The summed E-state index contributed by atoms with van der Waals surface area (Å²) >= 11 is 1.80. The van der Waals surface area contributed by atoms with Crippen molar-refractivity contribution < 1.29 is 0 Å². The highest BCUT2D eigenvalue weighted by Crippen LogP contribution is 2.33. The lowest BCUT2D eigenvalue weighted by Gasteiger charge is -2.18. The van der Waals surface area contributed by atoms with Crippen LogP contribution in [0.2, 0.25) is 0 Å². The average molecular weight is 210 g/mol. The predicted molar refractivity (Wildman–Crippen MR) is 61.0 cm³/mol. The van der Waals surface area contributed by atoms with Crippen LogP contribution >= 0.6 is 11.3 Å². The monoisotopic (exact) mass is 210 g/mol. The zero-order valence-corrected chi connectivity index (χ0v) is 9.22. The highest BCUT2D eigenvalue weighted by Gasteiger charge is 2.20.